The molecule has 3 atom stereocenters. The van der Waals surface area contributed by atoms with Gasteiger partial charge >= 0.3 is 5.97 Å². The number of carbonyl (C=O) groups is 3. The number of ketones is 1. The summed E-state index contributed by atoms with van der Waals surface area (Å²) in [5.74, 6) is -0.754. The largest absolute Gasteiger partial charge is 0.469 e. The Bertz CT molecular complexity index is 608. The number of hydrogen-bond donors (Lipinski definition) is 0. The molecule has 0 aromatic heterocycles. The summed E-state index contributed by atoms with van der Waals surface area (Å²) in [6.07, 6.45) is 5.93. The summed E-state index contributed by atoms with van der Waals surface area (Å²) in [5.41, 5.74) is 2.21. The molecule has 3 rings (SSSR count). The van der Waals surface area contributed by atoms with E-state index in [1.165, 1.54) is 7.11 Å². The number of methoxy groups -OCH3 is 1. The van der Waals surface area contributed by atoms with E-state index in [0.29, 0.717) is 12.8 Å². The molecule has 2 heterocycles. The zero-order valence-electron chi connectivity index (χ0n) is 14.6. The maximum Gasteiger partial charge on any atom is 0.306 e. The molecule has 0 radical (unpaired) electrons. The van der Waals surface area contributed by atoms with Crippen LogP contribution in [0.2, 0.25) is 0 Å². The maximum absolute atomic E-state index is 13.4. The van der Waals surface area contributed by atoms with E-state index in [0.717, 1.165) is 37.1 Å². The topological polar surface area (TPSA) is 63.7 Å². The lowest BCUT2D eigenvalue weighted by molar-refractivity contribution is -0.145. The first-order chi connectivity index (χ1) is 11.5. The van der Waals surface area contributed by atoms with E-state index in [4.69, 9.17) is 4.74 Å². The van der Waals surface area contributed by atoms with Gasteiger partial charge in [0, 0.05) is 30.5 Å². The number of Topliss-reactive ketones (excluding diaryl/α,β-unsaturated/α-hetero) is 1. The van der Waals surface area contributed by atoms with Crippen LogP contribution in [0.3, 0.4) is 0 Å². The van der Waals surface area contributed by atoms with Gasteiger partial charge in [0.15, 0.2) is 5.78 Å². The van der Waals surface area contributed by atoms with Crippen LogP contribution in [0.5, 0.6) is 0 Å². The molecule has 1 fully saturated rings. The number of esters is 1. The van der Waals surface area contributed by atoms with Gasteiger partial charge < -0.3 is 9.64 Å². The van der Waals surface area contributed by atoms with Crippen LogP contribution in [0.25, 0.3) is 0 Å². The number of allylic oxidation sites excluding steroid dienone is 1. The van der Waals surface area contributed by atoms with Crippen molar-refractivity contribution in [2.45, 2.75) is 50.2 Å². The number of thioether (sulfide) groups is 1. The third-order valence-corrected chi connectivity index (χ3v) is 7.31. The molecule has 6 heteroatoms. The molecule has 1 aliphatic carbocycles. The monoisotopic (exact) mass is 351 g/mol. The summed E-state index contributed by atoms with van der Waals surface area (Å²) in [7, 11) is 1.35. The van der Waals surface area contributed by atoms with Gasteiger partial charge in [0.05, 0.1) is 18.3 Å². The van der Waals surface area contributed by atoms with E-state index < -0.39 is 10.7 Å². The second kappa shape index (κ2) is 6.54. The fourth-order valence-corrected chi connectivity index (χ4v) is 5.78. The minimum atomic E-state index is -0.599. The number of amides is 1. The van der Waals surface area contributed by atoms with E-state index in [-0.39, 0.29) is 30.0 Å². The Hall–Kier alpha value is -1.30. The van der Waals surface area contributed by atoms with E-state index in [2.05, 4.69) is 0 Å². The number of hydrogen-bond acceptors (Lipinski definition) is 5. The molecule has 0 N–H and O–H groups in total. The molecule has 1 amide bonds. The van der Waals surface area contributed by atoms with Crippen molar-refractivity contribution in [3.05, 3.63) is 11.3 Å². The Labute approximate surface area is 147 Å². The Morgan fingerprint density at radius 2 is 2.12 bits per heavy atom. The van der Waals surface area contributed by atoms with Gasteiger partial charge in [0.2, 0.25) is 5.91 Å². The van der Waals surface area contributed by atoms with Crippen molar-refractivity contribution < 1.29 is 19.1 Å². The Morgan fingerprint density at radius 3 is 2.75 bits per heavy atom. The van der Waals surface area contributed by atoms with Crippen molar-refractivity contribution in [2.24, 2.45) is 11.8 Å². The minimum Gasteiger partial charge on any atom is -0.469 e. The zero-order chi connectivity index (χ0) is 17.5. The molecular weight excluding hydrogens is 326 g/mol. The van der Waals surface area contributed by atoms with Crippen LogP contribution < -0.4 is 0 Å². The van der Waals surface area contributed by atoms with Crippen molar-refractivity contribution >= 4 is 29.4 Å². The van der Waals surface area contributed by atoms with Gasteiger partial charge in [0.1, 0.15) is 0 Å². The first-order valence-electron chi connectivity index (χ1n) is 8.70. The second-order valence-electron chi connectivity index (χ2n) is 6.81. The first kappa shape index (κ1) is 17.5. The molecule has 0 aromatic carbocycles. The van der Waals surface area contributed by atoms with Crippen molar-refractivity contribution in [3.8, 4) is 0 Å². The molecule has 0 spiro atoms. The zero-order valence-corrected chi connectivity index (χ0v) is 15.4. The predicted molar refractivity (Wildman–Crippen MR) is 92.4 cm³/mol. The molecule has 1 saturated heterocycles. The molecule has 24 heavy (non-hydrogen) atoms. The van der Waals surface area contributed by atoms with Crippen LogP contribution in [0.1, 0.15) is 45.4 Å². The third-order valence-electron chi connectivity index (χ3n) is 5.87. The van der Waals surface area contributed by atoms with Gasteiger partial charge in [-0.05, 0) is 37.5 Å². The molecule has 0 aromatic rings. The molecule has 132 valence electrons. The van der Waals surface area contributed by atoms with Crippen LogP contribution in [0.4, 0.5) is 0 Å². The molecular formula is C18H25NO4S. The number of ether oxygens (including phenoxy) is 1. The summed E-state index contributed by atoms with van der Waals surface area (Å²) >= 11 is 1.57. The van der Waals surface area contributed by atoms with E-state index in [9.17, 15) is 14.4 Å². The van der Waals surface area contributed by atoms with Crippen LogP contribution in [0.15, 0.2) is 11.3 Å². The normalized spacial score (nSPS) is 32.7. The molecule has 5 nitrogen and oxygen atoms in total. The van der Waals surface area contributed by atoms with Crippen molar-refractivity contribution in [1.29, 1.82) is 0 Å². The fourth-order valence-electron chi connectivity index (χ4n) is 4.69. The molecule has 3 aliphatic rings. The van der Waals surface area contributed by atoms with Crippen molar-refractivity contribution in [2.75, 3.05) is 19.9 Å². The maximum atomic E-state index is 13.4. The Kier molecular flexibility index (Phi) is 4.78. The Morgan fingerprint density at radius 1 is 1.38 bits per heavy atom. The SMILES string of the molecule is CC[C@@]1(SC)C(=O)[C@H](CC(=O)OC)[C@H]2CC(=O)N3CCCCC1=C23. The van der Waals surface area contributed by atoms with Crippen molar-refractivity contribution in [1.82, 2.24) is 4.90 Å². The second-order valence-corrected chi connectivity index (χ2v) is 7.92. The summed E-state index contributed by atoms with van der Waals surface area (Å²) in [6.45, 7) is 2.77. The highest BCUT2D eigenvalue weighted by Crippen LogP contribution is 2.54. The number of nitrogens with zero attached hydrogens (tertiary/aromatic N) is 1. The molecule has 0 unspecified atom stereocenters. The van der Waals surface area contributed by atoms with Gasteiger partial charge in [0.25, 0.3) is 0 Å². The van der Waals surface area contributed by atoms with Gasteiger partial charge in [-0.3, -0.25) is 14.4 Å². The highest BCUT2D eigenvalue weighted by molar-refractivity contribution is 8.01. The molecule has 0 saturated carbocycles. The Balaban J connectivity index is 2.15. The first-order valence-corrected chi connectivity index (χ1v) is 9.92. The summed E-state index contributed by atoms with van der Waals surface area (Å²) in [5, 5.41) is 0. The average Bonchev–Trinajstić information content (AvgIpc) is 2.76. The summed E-state index contributed by atoms with van der Waals surface area (Å²) in [6, 6.07) is 0. The van der Waals surface area contributed by atoms with Crippen LogP contribution in [-0.2, 0) is 19.1 Å². The van der Waals surface area contributed by atoms with Gasteiger partial charge in [-0.1, -0.05) is 6.92 Å². The summed E-state index contributed by atoms with van der Waals surface area (Å²) < 4.78 is 4.22. The fraction of sp³-hybridized carbons (Fsp3) is 0.722. The lowest BCUT2D eigenvalue weighted by Crippen LogP contribution is -2.49. The van der Waals surface area contributed by atoms with E-state index >= 15 is 0 Å². The summed E-state index contributed by atoms with van der Waals surface area (Å²) in [4.78, 5) is 39.8. The van der Waals surface area contributed by atoms with Gasteiger partial charge in [-0.25, -0.2) is 0 Å². The van der Waals surface area contributed by atoms with Crippen LogP contribution in [-0.4, -0.2) is 47.2 Å². The third kappa shape index (κ3) is 2.41. The van der Waals surface area contributed by atoms with E-state index in [1.54, 1.807) is 11.8 Å². The predicted octanol–water partition coefficient (Wildman–Crippen LogP) is 2.55. The minimum absolute atomic E-state index is 0.0697. The van der Waals surface area contributed by atoms with Crippen molar-refractivity contribution in [3.63, 3.8) is 0 Å². The highest BCUT2D eigenvalue weighted by atomic mass is 32.2. The van der Waals surface area contributed by atoms with E-state index in [1.807, 2.05) is 18.1 Å². The quantitative estimate of drug-likeness (QED) is 0.728. The average molecular weight is 351 g/mol. The highest BCUT2D eigenvalue weighted by Gasteiger charge is 2.56. The van der Waals surface area contributed by atoms with Gasteiger partial charge in [-0.2, -0.15) is 0 Å². The van der Waals surface area contributed by atoms with Crippen LogP contribution in [0, 0.1) is 11.8 Å². The molecule has 0 bridgehead atoms. The van der Waals surface area contributed by atoms with Gasteiger partial charge in [-0.15, -0.1) is 11.8 Å². The standard InChI is InChI=1S/C18H25NO4S/c1-4-18(24-3)13-7-5-6-8-19-14(20)9-11(16(13)19)12(17(18)22)10-15(21)23-2/h11-12H,4-10H2,1-3H3/t11-,12-,18+/m1/s1. The lowest BCUT2D eigenvalue weighted by atomic mass is 9.68. The smallest absolute Gasteiger partial charge is 0.306 e. The number of rotatable bonds is 4. The van der Waals surface area contributed by atoms with Crippen LogP contribution >= 0.6 is 11.8 Å². The number of carbonyl (C=O) groups excluding carboxylic acids is 3. The lowest BCUT2D eigenvalue weighted by Gasteiger charge is -2.43. The molecule has 2 aliphatic heterocycles.